The zero-order valence-corrected chi connectivity index (χ0v) is 13.7. The van der Waals surface area contributed by atoms with Crippen LogP contribution in [-0.2, 0) is 19.3 Å². The van der Waals surface area contributed by atoms with Crippen molar-refractivity contribution in [1.82, 2.24) is 5.32 Å². The van der Waals surface area contributed by atoms with Crippen molar-refractivity contribution in [3.63, 3.8) is 0 Å². The number of amides is 1. The summed E-state index contributed by atoms with van der Waals surface area (Å²) in [5.74, 6) is 0.815. The molecule has 22 heavy (non-hydrogen) atoms. The van der Waals surface area contributed by atoms with Gasteiger partial charge in [0, 0.05) is 22.5 Å². The van der Waals surface area contributed by atoms with Crippen LogP contribution in [0.4, 0.5) is 5.69 Å². The van der Waals surface area contributed by atoms with Crippen LogP contribution in [0, 0.1) is 5.92 Å². The number of carbonyl (C=O) groups excluding carboxylic acids is 1. The summed E-state index contributed by atoms with van der Waals surface area (Å²) in [5, 5.41) is 5.08. The summed E-state index contributed by atoms with van der Waals surface area (Å²) >= 11 is 1.74. The molecule has 1 aromatic carbocycles. The van der Waals surface area contributed by atoms with E-state index in [1.54, 1.807) is 11.3 Å². The number of nitrogens with one attached hydrogen (secondary N) is 1. The van der Waals surface area contributed by atoms with Crippen LogP contribution in [0.1, 0.15) is 39.7 Å². The fourth-order valence-electron chi connectivity index (χ4n) is 2.97. The number of hydrogen-bond donors (Lipinski definition) is 2. The Morgan fingerprint density at radius 1 is 1.36 bits per heavy atom. The first-order valence-corrected chi connectivity index (χ1v) is 8.73. The SMILES string of the molecule is CC1CCc2c(C(=O)NCCc3ccc(N)cc3)csc2C1. The Kier molecular flexibility index (Phi) is 4.48. The molecule has 1 unspecified atom stereocenters. The minimum Gasteiger partial charge on any atom is -0.399 e. The Bertz CT molecular complexity index is 660. The van der Waals surface area contributed by atoms with Crippen LogP contribution < -0.4 is 11.1 Å². The summed E-state index contributed by atoms with van der Waals surface area (Å²) in [5.41, 5.74) is 9.81. The molecule has 3 nitrogen and oxygen atoms in total. The number of hydrogen-bond acceptors (Lipinski definition) is 3. The molecule has 3 N–H and O–H groups in total. The van der Waals surface area contributed by atoms with E-state index in [1.807, 2.05) is 29.6 Å². The van der Waals surface area contributed by atoms with Crippen molar-refractivity contribution < 1.29 is 4.79 Å². The van der Waals surface area contributed by atoms with Gasteiger partial charge in [-0.05, 0) is 54.9 Å². The molecule has 1 atom stereocenters. The quantitative estimate of drug-likeness (QED) is 0.850. The molecule has 2 aromatic rings. The van der Waals surface area contributed by atoms with Gasteiger partial charge in [0.25, 0.3) is 5.91 Å². The van der Waals surface area contributed by atoms with Crippen LogP contribution in [0.25, 0.3) is 0 Å². The molecule has 4 heteroatoms. The van der Waals surface area contributed by atoms with E-state index in [9.17, 15) is 4.79 Å². The average Bonchev–Trinajstić information content (AvgIpc) is 2.92. The summed E-state index contributed by atoms with van der Waals surface area (Å²) in [6.07, 6.45) is 4.18. The van der Waals surface area contributed by atoms with Crippen molar-refractivity contribution >= 4 is 22.9 Å². The van der Waals surface area contributed by atoms with Gasteiger partial charge in [-0.25, -0.2) is 0 Å². The molecule has 0 radical (unpaired) electrons. The Hall–Kier alpha value is -1.81. The van der Waals surface area contributed by atoms with Crippen LogP contribution in [-0.4, -0.2) is 12.5 Å². The van der Waals surface area contributed by atoms with Gasteiger partial charge in [-0.1, -0.05) is 19.1 Å². The smallest absolute Gasteiger partial charge is 0.252 e. The maximum atomic E-state index is 12.4. The van der Waals surface area contributed by atoms with E-state index >= 15 is 0 Å². The largest absolute Gasteiger partial charge is 0.399 e. The Morgan fingerprint density at radius 2 is 2.14 bits per heavy atom. The number of carbonyl (C=O) groups is 1. The van der Waals surface area contributed by atoms with Crippen molar-refractivity contribution in [3.05, 3.63) is 51.2 Å². The molecule has 0 bridgehead atoms. The summed E-state index contributed by atoms with van der Waals surface area (Å²) in [6.45, 7) is 2.94. The molecule has 1 aromatic heterocycles. The highest BCUT2D eigenvalue weighted by Gasteiger charge is 2.22. The number of rotatable bonds is 4. The molecule has 1 amide bonds. The highest BCUT2D eigenvalue weighted by molar-refractivity contribution is 7.10. The second-order valence-corrected chi connectivity index (χ2v) is 7.11. The highest BCUT2D eigenvalue weighted by Crippen LogP contribution is 2.32. The fraction of sp³-hybridized carbons (Fsp3) is 0.389. The van der Waals surface area contributed by atoms with Crippen LogP contribution >= 0.6 is 11.3 Å². The molecule has 0 saturated carbocycles. The van der Waals surface area contributed by atoms with Gasteiger partial charge < -0.3 is 11.1 Å². The number of thiophene rings is 1. The van der Waals surface area contributed by atoms with Gasteiger partial charge in [0.2, 0.25) is 0 Å². The number of fused-ring (bicyclic) bond motifs is 1. The first-order chi connectivity index (χ1) is 10.6. The number of nitrogens with two attached hydrogens (primary N) is 1. The molecule has 0 fully saturated rings. The zero-order valence-electron chi connectivity index (χ0n) is 12.9. The topological polar surface area (TPSA) is 55.1 Å². The van der Waals surface area contributed by atoms with Crippen molar-refractivity contribution in [3.8, 4) is 0 Å². The summed E-state index contributed by atoms with van der Waals surface area (Å²) in [7, 11) is 0. The van der Waals surface area contributed by atoms with Crippen LogP contribution in [0.15, 0.2) is 29.6 Å². The van der Waals surface area contributed by atoms with E-state index in [4.69, 9.17) is 5.73 Å². The lowest BCUT2D eigenvalue weighted by Gasteiger charge is -2.18. The Balaban J connectivity index is 1.57. The van der Waals surface area contributed by atoms with E-state index in [0.717, 1.165) is 36.4 Å². The van der Waals surface area contributed by atoms with E-state index < -0.39 is 0 Å². The van der Waals surface area contributed by atoms with Gasteiger partial charge >= 0.3 is 0 Å². The first kappa shape index (κ1) is 15.1. The van der Waals surface area contributed by atoms with E-state index in [0.29, 0.717) is 6.54 Å². The van der Waals surface area contributed by atoms with Crippen molar-refractivity contribution in [2.45, 2.75) is 32.6 Å². The average molecular weight is 314 g/mol. The van der Waals surface area contributed by atoms with Gasteiger partial charge in [0.1, 0.15) is 0 Å². The lowest BCUT2D eigenvalue weighted by atomic mass is 9.88. The molecule has 116 valence electrons. The zero-order chi connectivity index (χ0) is 15.5. The van der Waals surface area contributed by atoms with Crippen molar-refractivity contribution in [2.75, 3.05) is 12.3 Å². The second kappa shape index (κ2) is 6.53. The van der Waals surface area contributed by atoms with E-state index in [-0.39, 0.29) is 5.91 Å². The second-order valence-electron chi connectivity index (χ2n) is 6.15. The fourth-order valence-corrected chi connectivity index (χ4v) is 4.21. The summed E-state index contributed by atoms with van der Waals surface area (Å²) in [4.78, 5) is 13.8. The van der Waals surface area contributed by atoms with Gasteiger partial charge in [-0.15, -0.1) is 11.3 Å². The highest BCUT2D eigenvalue weighted by atomic mass is 32.1. The maximum absolute atomic E-state index is 12.4. The van der Waals surface area contributed by atoms with Crippen molar-refractivity contribution in [2.24, 2.45) is 5.92 Å². The van der Waals surface area contributed by atoms with Crippen LogP contribution in [0.2, 0.25) is 0 Å². The number of benzene rings is 1. The molecule has 1 aliphatic carbocycles. The van der Waals surface area contributed by atoms with Crippen molar-refractivity contribution in [1.29, 1.82) is 0 Å². The van der Waals surface area contributed by atoms with Gasteiger partial charge in [-0.3, -0.25) is 4.79 Å². The standard InChI is InChI=1S/C18H22N2OS/c1-12-2-7-15-16(11-22-17(15)10-12)18(21)20-9-8-13-3-5-14(19)6-4-13/h3-6,11-12H,2,7-10,19H2,1H3,(H,20,21). The van der Waals surface area contributed by atoms with Crippen LogP contribution in [0.5, 0.6) is 0 Å². The number of anilines is 1. The third-order valence-corrected chi connectivity index (χ3v) is 5.38. The third-order valence-electron chi connectivity index (χ3n) is 4.33. The van der Waals surface area contributed by atoms with Gasteiger partial charge in [0.15, 0.2) is 0 Å². The normalized spacial score (nSPS) is 17.0. The van der Waals surface area contributed by atoms with Crippen LogP contribution in [0.3, 0.4) is 0 Å². The lowest BCUT2D eigenvalue weighted by Crippen LogP contribution is -2.26. The predicted molar refractivity (Wildman–Crippen MR) is 92.4 cm³/mol. The Labute approximate surface area is 135 Å². The molecule has 0 aliphatic heterocycles. The summed E-state index contributed by atoms with van der Waals surface area (Å²) < 4.78 is 0. The molecular weight excluding hydrogens is 292 g/mol. The minimum atomic E-state index is 0.0718. The van der Waals surface area contributed by atoms with E-state index in [2.05, 4.69) is 12.2 Å². The molecule has 0 saturated heterocycles. The first-order valence-electron chi connectivity index (χ1n) is 7.85. The van der Waals surface area contributed by atoms with Gasteiger partial charge in [-0.2, -0.15) is 0 Å². The predicted octanol–water partition coefficient (Wildman–Crippen LogP) is 3.43. The Morgan fingerprint density at radius 3 is 2.91 bits per heavy atom. The molecule has 1 aliphatic rings. The molecule has 3 rings (SSSR count). The lowest BCUT2D eigenvalue weighted by molar-refractivity contribution is 0.0953. The molecular formula is C18H22N2OS. The maximum Gasteiger partial charge on any atom is 0.252 e. The number of nitrogen functional groups attached to an aromatic ring is 1. The summed E-state index contributed by atoms with van der Waals surface area (Å²) in [6, 6.07) is 7.81. The third kappa shape index (κ3) is 3.33. The molecule has 0 spiro atoms. The van der Waals surface area contributed by atoms with Gasteiger partial charge in [0.05, 0.1) is 5.56 Å². The minimum absolute atomic E-state index is 0.0718. The van der Waals surface area contributed by atoms with E-state index in [1.165, 1.54) is 22.4 Å². The molecule has 1 heterocycles. The monoisotopic (exact) mass is 314 g/mol.